The second-order valence-electron chi connectivity index (χ2n) is 20.7. The van der Waals surface area contributed by atoms with Crippen LogP contribution in [-0.4, -0.2) is 96.9 Å². The van der Waals surface area contributed by atoms with Crippen LogP contribution in [0.15, 0.2) is 65.7 Å². The molecule has 1 aliphatic heterocycles. The number of rotatable bonds is 48. The topological polar surface area (TPSA) is 286 Å². The zero-order valence-corrected chi connectivity index (χ0v) is 49.0. The molecule has 0 amide bonds. The molecule has 448 valence electrons. The molecular weight excluding hydrogens is 1040 g/mol. The van der Waals surface area contributed by atoms with E-state index in [4.69, 9.17) is 29.0 Å². The highest BCUT2D eigenvalue weighted by Gasteiger charge is 2.46. The van der Waals surface area contributed by atoms with Crippen LogP contribution in [0.25, 0.3) is 0 Å². The molecule has 0 saturated carbocycles. The van der Waals surface area contributed by atoms with E-state index in [0.29, 0.717) is 25.7 Å². The van der Waals surface area contributed by atoms with Gasteiger partial charge in [-0.3, -0.25) is 23.2 Å². The van der Waals surface area contributed by atoms with Crippen LogP contribution in [0, 0.1) is 5.92 Å². The van der Waals surface area contributed by atoms with Crippen molar-refractivity contribution in [2.75, 3.05) is 25.6 Å². The molecule has 7 N–H and O–H groups in total. The number of phosphoric ester groups is 2. The summed E-state index contributed by atoms with van der Waals surface area (Å²) in [5, 5.41) is 30.3. The number of nitrogens with zero attached hydrogens (tertiary/aromatic N) is 2. The fourth-order valence-corrected chi connectivity index (χ4v) is 10.7. The number of aliphatic hydroxyl groups excluding tert-OH is 3. The molecule has 9 atom stereocenters. The molecule has 3 unspecified atom stereocenters. The standard InChI is InChI=1S/C57H99N3O16P2/c1-4-47(2)38-34-30-26-22-18-14-10-7-5-6-8-12-16-20-24-28-32-36-40-52(62)71-44-49(74-53(63)41-37-33-29-25-21-17-13-9-11-15-19-23-27-31-35-39-48(3)61)45-72-77(67,68)76-78(69,70)73-46-50-54(64)55(65)56(75-50)60-43-42-51(58)59-57(60)66/h11,13,15,17,23,25,27,29,42-43,47-50,54-56,61,64-65H,4-10,12,14,16,18-22,24,26,28,30-41,44-46H2,1-3H3,(H,67,68)(H,69,70)(H2,58,59,66)/b15-11-,17-13-,27-23-,29-25-/t47?,48-,49+,50+,54+,55+,56+/m0/s1. The number of hydrogen-bond donors (Lipinski definition) is 6. The van der Waals surface area contributed by atoms with E-state index < -0.39 is 83.7 Å². The van der Waals surface area contributed by atoms with Gasteiger partial charge in [-0.25, -0.2) is 13.9 Å². The molecule has 0 bridgehead atoms. The number of nitrogen functional groups attached to an aromatic ring is 1. The number of hydrogen-bond acceptors (Lipinski definition) is 16. The maximum atomic E-state index is 12.9. The first-order chi connectivity index (χ1) is 37.4. The van der Waals surface area contributed by atoms with Gasteiger partial charge in [0.15, 0.2) is 12.3 Å². The molecule has 0 spiro atoms. The third-order valence-electron chi connectivity index (χ3n) is 13.5. The van der Waals surface area contributed by atoms with E-state index in [1.54, 1.807) is 6.92 Å². The van der Waals surface area contributed by atoms with E-state index in [1.807, 2.05) is 18.2 Å². The van der Waals surface area contributed by atoms with Gasteiger partial charge >= 0.3 is 33.3 Å². The van der Waals surface area contributed by atoms with Crippen LogP contribution in [-0.2, 0) is 46.3 Å². The number of phosphoric acid groups is 2. The van der Waals surface area contributed by atoms with Crippen molar-refractivity contribution < 1.29 is 71.4 Å². The summed E-state index contributed by atoms with van der Waals surface area (Å²) in [5.41, 5.74) is 4.59. The van der Waals surface area contributed by atoms with E-state index in [-0.39, 0.29) is 24.8 Å². The minimum absolute atomic E-state index is 0.0371. The Bertz CT molecular complexity index is 2030. The smallest absolute Gasteiger partial charge is 0.462 e. The Morgan fingerprint density at radius 3 is 1.69 bits per heavy atom. The van der Waals surface area contributed by atoms with E-state index in [1.165, 1.54) is 102 Å². The summed E-state index contributed by atoms with van der Waals surface area (Å²) in [6.07, 6.45) is 40.3. The maximum absolute atomic E-state index is 12.9. The fourth-order valence-electron chi connectivity index (χ4n) is 8.60. The Hall–Kier alpha value is -3.32. The van der Waals surface area contributed by atoms with Gasteiger partial charge in [-0.15, -0.1) is 0 Å². The SMILES string of the molecule is CCC(C)CCCCCCCCCCCCCCCCCCCCC(=O)OC[C@H](COP(=O)(O)OP(=O)(O)OC[C@H]1O[C@@H](n2ccc(N)nc2=O)[C@H](O)[C@@H]1O)OC(=O)CCC/C=C\C/C=C\C/C=C\C/C=C\CCC[C@H](C)O. The normalized spacial score (nSPS) is 19.7. The highest BCUT2D eigenvalue weighted by molar-refractivity contribution is 7.61. The fraction of sp³-hybridized carbons (Fsp3) is 0.754. The monoisotopic (exact) mass is 1140 g/mol. The average molecular weight is 1140 g/mol. The van der Waals surface area contributed by atoms with Gasteiger partial charge in [-0.2, -0.15) is 9.29 Å². The molecule has 1 aromatic heterocycles. The zero-order valence-electron chi connectivity index (χ0n) is 47.2. The Morgan fingerprint density at radius 2 is 1.17 bits per heavy atom. The maximum Gasteiger partial charge on any atom is 0.481 e. The van der Waals surface area contributed by atoms with Crippen LogP contribution in [0.1, 0.15) is 220 Å². The molecule has 0 radical (unpaired) electrons. The molecular formula is C57H99N3O16P2. The lowest BCUT2D eigenvalue weighted by molar-refractivity contribution is -0.161. The third-order valence-corrected chi connectivity index (χ3v) is 16.1. The molecule has 1 aromatic rings. The minimum Gasteiger partial charge on any atom is -0.462 e. The molecule has 21 heteroatoms. The number of anilines is 1. The van der Waals surface area contributed by atoms with Crippen molar-refractivity contribution in [3.63, 3.8) is 0 Å². The minimum atomic E-state index is -5.45. The van der Waals surface area contributed by atoms with E-state index in [9.17, 15) is 48.6 Å². The van der Waals surface area contributed by atoms with Gasteiger partial charge in [0.1, 0.15) is 30.7 Å². The van der Waals surface area contributed by atoms with Gasteiger partial charge in [-0.05, 0) is 76.7 Å². The lowest BCUT2D eigenvalue weighted by Gasteiger charge is -2.21. The summed E-state index contributed by atoms with van der Waals surface area (Å²) in [6, 6.07) is 1.24. The number of esters is 2. The number of carbonyl (C=O) groups excluding carboxylic acids is 2. The van der Waals surface area contributed by atoms with E-state index >= 15 is 0 Å². The van der Waals surface area contributed by atoms with E-state index in [2.05, 4.69) is 53.5 Å². The summed E-state index contributed by atoms with van der Waals surface area (Å²) < 4.78 is 56.9. The first-order valence-corrected chi connectivity index (χ1v) is 32.1. The van der Waals surface area contributed by atoms with Gasteiger partial charge in [0.05, 0.1) is 19.3 Å². The lowest BCUT2D eigenvalue weighted by Crippen LogP contribution is -2.36. The number of nitrogens with two attached hydrogens (primary N) is 1. The van der Waals surface area contributed by atoms with Gasteiger partial charge < -0.3 is 45.1 Å². The van der Waals surface area contributed by atoms with Gasteiger partial charge in [0.25, 0.3) is 0 Å². The van der Waals surface area contributed by atoms with Crippen molar-refractivity contribution in [3.8, 4) is 0 Å². The summed E-state index contributed by atoms with van der Waals surface area (Å²) >= 11 is 0. The van der Waals surface area contributed by atoms with Crippen LogP contribution in [0.5, 0.6) is 0 Å². The van der Waals surface area contributed by atoms with Gasteiger partial charge in [-0.1, -0.05) is 184 Å². The third kappa shape index (κ3) is 36.1. The second-order valence-corrected chi connectivity index (χ2v) is 23.7. The number of allylic oxidation sites excluding steroid dienone is 8. The van der Waals surface area contributed by atoms with Gasteiger partial charge in [0.2, 0.25) is 0 Å². The highest BCUT2D eigenvalue weighted by atomic mass is 31.3. The predicted octanol–water partition coefficient (Wildman–Crippen LogP) is 12.1. The van der Waals surface area contributed by atoms with Gasteiger partial charge in [0, 0.05) is 19.0 Å². The zero-order chi connectivity index (χ0) is 57.3. The van der Waals surface area contributed by atoms with Crippen molar-refractivity contribution in [2.24, 2.45) is 5.92 Å². The van der Waals surface area contributed by atoms with Crippen molar-refractivity contribution in [1.29, 1.82) is 0 Å². The largest absolute Gasteiger partial charge is 0.481 e. The first-order valence-electron chi connectivity index (χ1n) is 29.1. The van der Waals surface area contributed by atoms with Crippen molar-refractivity contribution in [2.45, 2.75) is 250 Å². The summed E-state index contributed by atoms with van der Waals surface area (Å²) in [4.78, 5) is 62.1. The van der Waals surface area contributed by atoms with Crippen LogP contribution >= 0.6 is 15.6 Å². The van der Waals surface area contributed by atoms with Crippen molar-refractivity contribution in [1.82, 2.24) is 9.55 Å². The second kappa shape index (κ2) is 43.4. The Kier molecular flexibility index (Phi) is 39.4. The molecule has 0 aromatic carbocycles. The van der Waals surface area contributed by atoms with Crippen LogP contribution in [0.3, 0.4) is 0 Å². The number of ether oxygens (including phenoxy) is 3. The highest BCUT2D eigenvalue weighted by Crippen LogP contribution is 2.60. The molecule has 1 fully saturated rings. The van der Waals surface area contributed by atoms with Crippen LogP contribution in [0.4, 0.5) is 5.82 Å². The van der Waals surface area contributed by atoms with Crippen molar-refractivity contribution in [3.05, 3.63) is 71.4 Å². The van der Waals surface area contributed by atoms with Crippen LogP contribution in [0.2, 0.25) is 0 Å². The molecule has 19 nitrogen and oxygen atoms in total. The van der Waals surface area contributed by atoms with E-state index in [0.717, 1.165) is 74.5 Å². The molecule has 78 heavy (non-hydrogen) atoms. The van der Waals surface area contributed by atoms with Crippen LogP contribution < -0.4 is 11.4 Å². The van der Waals surface area contributed by atoms with Crippen molar-refractivity contribution >= 4 is 33.4 Å². The average Bonchev–Trinajstić information content (AvgIpc) is 3.73. The summed E-state index contributed by atoms with van der Waals surface area (Å²) in [7, 11) is -10.9. The number of aromatic nitrogens is 2. The lowest BCUT2D eigenvalue weighted by atomic mass is 9.99. The quantitative estimate of drug-likeness (QED) is 0.0153. The molecule has 1 saturated heterocycles. The Labute approximate surface area is 465 Å². The molecule has 1 aliphatic rings. The predicted molar refractivity (Wildman–Crippen MR) is 304 cm³/mol. The molecule has 2 rings (SSSR count). The Morgan fingerprint density at radius 1 is 0.679 bits per heavy atom. The Balaban J connectivity index is 1.76. The number of aliphatic hydroxyl groups is 3. The summed E-state index contributed by atoms with van der Waals surface area (Å²) in [5.74, 6) is -0.505. The molecule has 2 heterocycles. The number of carbonyl (C=O) groups is 2. The molecule has 0 aliphatic carbocycles. The summed E-state index contributed by atoms with van der Waals surface area (Å²) in [6.45, 7) is 4.06. The number of unbranched alkanes of at least 4 members (excludes halogenated alkanes) is 19. The first kappa shape index (κ1) is 70.8.